The third kappa shape index (κ3) is 2.92. The highest BCUT2D eigenvalue weighted by atomic mass is 16.5. The van der Waals surface area contributed by atoms with Gasteiger partial charge in [-0.1, -0.05) is 0 Å². The molecule has 0 atom stereocenters. The van der Waals surface area contributed by atoms with E-state index in [-0.39, 0.29) is 12.5 Å². The standard InChI is InChI=1S/C11H16N4O2/c12-8-10(16)14-9-2-1-3-13-11(9)15-4-6-17-7-5-15/h1-3H,4-8,12H2,(H,14,16). The first-order chi connectivity index (χ1) is 8.31. The van der Waals surface area contributed by atoms with Gasteiger partial charge in [0.25, 0.3) is 0 Å². The summed E-state index contributed by atoms with van der Waals surface area (Å²) in [6.45, 7) is 2.89. The lowest BCUT2D eigenvalue weighted by Crippen LogP contribution is -2.37. The van der Waals surface area contributed by atoms with Crippen molar-refractivity contribution in [2.45, 2.75) is 0 Å². The summed E-state index contributed by atoms with van der Waals surface area (Å²) in [6, 6.07) is 3.61. The van der Waals surface area contributed by atoms with Crippen LogP contribution in [0.1, 0.15) is 0 Å². The van der Waals surface area contributed by atoms with Gasteiger partial charge in [0.2, 0.25) is 5.91 Å². The van der Waals surface area contributed by atoms with Crippen LogP contribution in [-0.4, -0.2) is 43.7 Å². The second-order valence-corrected chi connectivity index (χ2v) is 3.73. The van der Waals surface area contributed by atoms with Gasteiger partial charge in [-0.25, -0.2) is 4.98 Å². The van der Waals surface area contributed by atoms with Gasteiger partial charge in [-0.15, -0.1) is 0 Å². The van der Waals surface area contributed by atoms with Gasteiger partial charge in [0.05, 0.1) is 25.4 Å². The summed E-state index contributed by atoms with van der Waals surface area (Å²) in [5, 5.41) is 2.75. The molecule has 1 aromatic heterocycles. The summed E-state index contributed by atoms with van der Waals surface area (Å²) in [5.41, 5.74) is 5.98. The molecule has 1 aliphatic heterocycles. The van der Waals surface area contributed by atoms with E-state index in [1.807, 2.05) is 6.07 Å². The van der Waals surface area contributed by atoms with Crippen LogP contribution in [0.3, 0.4) is 0 Å². The Labute approximate surface area is 99.8 Å². The van der Waals surface area contributed by atoms with E-state index in [9.17, 15) is 4.79 Å². The van der Waals surface area contributed by atoms with Crippen molar-refractivity contribution in [3.05, 3.63) is 18.3 Å². The van der Waals surface area contributed by atoms with Crippen LogP contribution in [0.5, 0.6) is 0 Å². The topological polar surface area (TPSA) is 80.5 Å². The molecule has 6 nitrogen and oxygen atoms in total. The number of ether oxygens (including phenoxy) is 1. The van der Waals surface area contributed by atoms with Crippen LogP contribution < -0.4 is 16.0 Å². The van der Waals surface area contributed by atoms with E-state index in [0.29, 0.717) is 18.9 Å². The molecule has 0 bridgehead atoms. The number of nitrogens with zero attached hydrogens (tertiary/aromatic N) is 2. The van der Waals surface area contributed by atoms with Gasteiger partial charge >= 0.3 is 0 Å². The Hall–Kier alpha value is -1.66. The van der Waals surface area contributed by atoms with Crippen LogP contribution >= 0.6 is 0 Å². The Morgan fingerprint density at radius 1 is 1.53 bits per heavy atom. The fraction of sp³-hybridized carbons (Fsp3) is 0.455. The van der Waals surface area contributed by atoms with E-state index in [1.165, 1.54) is 0 Å². The number of hydrogen-bond donors (Lipinski definition) is 2. The van der Waals surface area contributed by atoms with Gasteiger partial charge in [0, 0.05) is 19.3 Å². The quantitative estimate of drug-likeness (QED) is 0.760. The van der Waals surface area contributed by atoms with Gasteiger partial charge in [-0.3, -0.25) is 4.79 Å². The predicted octanol–water partition coefficient (Wildman–Crippen LogP) is -0.185. The number of morpholine rings is 1. The highest BCUT2D eigenvalue weighted by Gasteiger charge is 2.16. The number of carbonyl (C=O) groups is 1. The number of nitrogens with one attached hydrogen (secondary N) is 1. The SMILES string of the molecule is NCC(=O)Nc1cccnc1N1CCOCC1. The van der Waals surface area contributed by atoms with E-state index in [2.05, 4.69) is 15.2 Å². The third-order valence-electron chi connectivity index (χ3n) is 2.56. The first-order valence-corrected chi connectivity index (χ1v) is 5.59. The normalized spacial score (nSPS) is 15.7. The molecular formula is C11H16N4O2. The Balaban J connectivity index is 2.17. The fourth-order valence-corrected chi connectivity index (χ4v) is 1.72. The van der Waals surface area contributed by atoms with Crippen molar-refractivity contribution in [3.8, 4) is 0 Å². The van der Waals surface area contributed by atoms with Crippen LogP contribution in [0.15, 0.2) is 18.3 Å². The van der Waals surface area contributed by atoms with Gasteiger partial charge in [-0.05, 0) is 12.1 Å². The number of carbonyl (C=O) groups excluding carboxylic acids is 1. The molecule has 1 aliphatic rings. The minimum absolute atomic E-state index is 0.0303. The van der Waals surface area contributed by atoms with Crippen LogP contribution in [0, 0.1) is 0 Å². The first kappa shape index (κ1) is 11.8. The van der Waals surface area contributed by atoms with E-state index < -0.39 is 0 Å². The van der Waals surface area contributed by atoms with Crippen LogP contribution in [0.4, 0.5) is 11.5 Å². The monoisotopic (exact) mass is 236 g/mol. The third-order valence-corrected chi connectivity index (χ3v) is 2.56. The summed E-state index contributed by atoms with van der Waals surface area (Å²) in [6.07, 6.45) is 1.71. The minimum Gasteiger partial charge on any atom is -0.378 e. The Morgan fingerprint density at radius 2 is 2.29 bits per heavy atom. The minimum atomic E-state index is -0.215. The van der Waals surface area contributed by atoms with E-state index >= 15 is 0 Å². The van der Waals surface area contributed by atoms with Crippen molar-refractivity contribution in [1.29, 1.82) is 0 Å². The molecule has 1 fully saturated rings. The highest BCUT2D eigenvalue weighted by molar-refractivity contribution is 5.94. The second kappa shape index (κ2) is 5.60. The summed E-state index contributed by atoms with van der Waals surface area (Å²) in [7, 11) is 0. The molecule has 1 aromatic rings. The van der Waals surface area contributed by atoms with Crippen molar-refractivity contribution in [3.63, 3.8) is 0 Å². The van der Waals surface area contributed by atoms with E-state index in [1.54, 1.807) is 12.3 Å². The van der Waals surface area contributed by atoms with Gasteiger partial charge in [0.15, 0.2) is 5.82 Å². The molecule has 2 heterocycles. The molecule has 0 aromatic carbocycles. The number of hydrogen-bond acceptors (Lipinski definition) is 5. The lowest BCUT2D eigenvalue weighted by atomic mass is 10.3. The van der Waals surface area contributed by atoms with Crippen LogP contribution in [-0.2, 0) is 9.53 Å². The van der Waals surface area contributed by atoms with Crippen LogP contribution in [0.2, 0.25) is 0 Å². The second-order valence-electron chi connectivity index (χ2n) is 3.73. The van der Waals surface area contributed by atoms with Gasteiger partial charge < -0.3 is 20.7 Å². The Bertz CT molecular complexity index is 391. The molecule has 92 valence electrons. The highest BCUT2D eigenvalue weighted by Crippen LogP contribution is 2.23. The maximum atomic E-state index is 11.3. The molecule has 1 amide bonds. The molecule has 0 radical (unpaired) electrons. The van der Waals surface area contributed by atoms with Crippen LogP contribution in [0.25, 0.3) is 0 Å². The smallest absolute Gasteiger partial charge is 0.238 e. The van der Waals surface area contributed by atoms with Crippen molar-refractivity contribution in [2.24, 2.45) is 5.73 Å². The average Bonchev–Trinajstić information content (AvgIpc) is 2.40. The summed E-state index contributed by atoms with van der Waals surface area (Å²) >= 11 is 0. The summed E-state index contributed by atoms with van der Waals surface area (Å²) in [4.78, 5) is 17.7. The van der Waals surface area contributed by atoms with Gasteiger partial charge in [-0.2, -0.15) is 0 Å². The molecular weight excluding hydrogens is 220 g/mol. The molecule has 2 rings (SSSR count). The zero-order valence-electron chi connectivity index (χ0n) is 9.56. The molecule has 6 heteroatoms. The van der Waals surface area contributed by atoms with Crippen molar-refractivity contribution in [1.82, 2.24) is 4.98 Å². The Kier molecular flexibility index (Phi) is 3.89. The maximum absolute atomic E-state index is 11.3. The summed E-state index contributed by atoms with van der Waals surface area (Å²) < 4.78 is 5.29. The fourth-order valence-electron chi connectivity index (χ4n) is 1.72. The molecule has 0 saturated carbocycles. The van der Waals surface area contributed by atoms with Gasteiger partial charge in [0.1, 0.15) is 0 Å². The molecule has 17 heavy (non-hydrogen) atoms. The number of nitrogens with two attached hydrogens (primary N) is 1. The zero-order chi connectivity index (χ0) is 12.1. The van der Waals surface area contributed by atoms with Crippen molar-refractivity contribution < 1.29 is 9.53 Å². The molecule has 0 spiro atoms. The zero-order valence-corrected chi connectivity index (χ0v) is 9.56. The lowest BCUT2D eigenvalue weighted by Gasteiger charge is -2.29. The Morgan fingerprint density at radius 3 is 3.00 bits per heavy atom. The molecule has 0 aliphatic carbocycles. The average molecular weight is 236 g/mol. The number of rotatable bonds is 3. The number of amides is 1. The first-order valence-electron chi connectivity index (χ1n) is 5.59. The molecule has 1 saturated heterocycles. The summed E-state index contributed by atoms with van der Waals surface area (Å²) in [5.74, 6) is 0.560. The molecule has 0 unspecified atom stereocenters. The van der Waals surface area contributed by atoms with Crippen molar-refractivity contribution in [2.75, 3.05) is 43.1 Å². The van der Waals surface area contributed by atoms with E-state index in [0.717, 1.165) is 18.9 Å². The maximum Gasteiger partial charge on any atom is 0.238 e. The number of pyridine rings is 1. The van der Waals surface area contributed by atoms with Crippen molar-refractivity contribution >= 4 is 17.4 Å². The largest absolute Gasteiger partial charge is 0.378 e. The number of anilines is 2. The van der Waals surface area contributed by atoms with E-state index in [4.69, 9.17) is 10.5 Å². The molecule has 3 N–H and O–H groups in total. The predicted molar refractivity (Wildman–Crippen MR) is 65.0 cm³/mol. The lowest BCUT2D eigenvalue weighted by molar-refractivity contribution is -0.114. The number of aromatic nitrogens is 1.